The van der Waals surface area contributed by atoms with E-state index in [9.17, 15) is 0 Å². The van der Waals surface area contributed by atoms with Crippen LogP contribution in [0, 0.1) is 28.6 Å². The minimum atomic E-state index is 0.252. The summed E-state index contributed by atoms with van der Waals surface area (Å²) < 4.78 is 3.85. The van der Waals surface area contributed by atoms with E-state index in [0.29, 0.717) is 40.5 Å². The molecule has 35 heavy (non-hydrogen) atoms. The number of fused-ring (bicyclic) bond motifs is 6. The first-order chi connectivity index (χ1) is 16.3. The number of rotatable bonds is 1. The average molecular weight is 508 g/mol. The first-order valence-corrected chi connectivity index (χ1v) is 15.6. The second-order valence-corrected chi connectivity index (χ2v) is 16.4. The van der Waals surface area contributed by atoms with E-state index in [-0.39, 0.29) is 5.54 Å². The second-order valence-electron chi connectivity index (χ2n) is 15.3. The summed E-state index contributed by atoms with van der Waals surface area (Å²) in [4.78, 5) is 2.89. The van der Waals surface area contributed by atoms with Gasteiger partial charge >= 0.3 is 0 Å². The average Bonchev–Trinajstić information content (AvgIpc) is 3.03. The predicted molar refractivity (Wildman–Crippen MR) is 152 cm³/mol. The van der Waals surface area contributed by atoms with Crippen LogP contribution in [0.15, 0.2) is 0 Å². The van der Waals surface area contributed by atoms with Crippen molar-refractivity contribution in [3.63, 3.8) is 0 Å². The van der Waals surface area contributed by atoms with E-state index in [1.54, 1.807) is 0 Å². The van der Waals surface area contributed by atoms with Gasteiger partial charge in [0.15, 0.2) is 0 Å². The molecule has 204 valence electrons. The van der Waals surface area contributed by atoms with Crippen LogP contribution in [0.4, 0.5) is 0 Å². The third-order valence-corrected chi connectivity index (χ3v) is 10.2. The largest absolute Gasteiger partial charge is 0.302 e. The molecule has 4 fully saturated rings. The highest BCUT2D eigenvalue weighted by Crippen LogP contribution is 2.42. The van der Waals surface area contributed by atoms with Crippen LogP contribution in [0.2, 0.25) is 0 Å². The summed E-state index contributed by atoms with van der Waals surface area (Å²) in [5.41, 5.74) is 0.932. The van der Waals surface area contributed by atoms with Crippen molar-refractivity contribution >= 4 is 11.9 Å². The summed E-state index contributed by atoms with van der Waals surface area (Å²) in [6, 6.07) is 0.590. The molecule has 0 aromatic rings. The van der Waals surface area contributed by atoms with Crippen molar-refractivity contribution in [2.45, 2.75) is 136 Å². The second kappa shape index (κ2) is 11.1. The van der Waals surface area contributed by atoms with Crippen LogP contribution >= 0.6 is 11.9 Å². The first kappa shape index (κ1) is 28.2. The van der Waals surface area contributed by atoms with Gasteiger partial charge in [-0.2, -0.15) is 0 Å². The maximum atomic E-state index is 4.21. The molecule has 8 atom stereocenters. The Balaban J connectivity index is 1.57. The molecule has 0 spiro atoms. The van der Waals surface area contributed by atoms with E-state index in [2.05, 4.69) is 81.0 Å². The molecule has 0 aromatic heterocycles. The van der Waals surface area contributed by atoms with E-state index in [1.165, 1.54) is 57.9 Å². The molecule has 4 N–H and O–H groups in total. The van der Waals surface area contributed by atoms with Crippen molar-refractivity contribution in [2.75, 3.05) is 19.6 Å². The highest BCUT2D eigenvalue weighted by Gasteiger charge is 2.47. The lowest BCUT2D eigenvalue weighted by Crippen LogP contribution is -2.63. The van der Waals surface area contributed by atoms with Gasteiger partial charge in [-0.05, 0) is 94.4 Å². The maximum absolute atomic E-state index is 4.21. The summed E-state index contributed by atoms with van der Waals surface area (Å²) >= 11 is 1.95. The van der Waals surface area contributed by atoms with Crippen molar-refractivity contribution < 1.29 is 0 Å². The number of nitrogens with one attached hydrogen (secondary N) is 4. The Labute approximate surface area is 221 Å². The fourth-order valence-electron chi connectivity index (χ4n) is 7.56. The van der Waals surface area contributed by atoms with Crippen molar-refractivity contribution in [3.05, 3.63) is 0 Å². The lowest BCUT2D eigenvalue weighted by atomic mass is 9.78. The molecular weight excluding hydrogens is 450 g/mol. The molecule has 0 saturated carbocycles. The molecule has 4 rings (SSSR count). The van der Waals surface area contributed by atoms with E-state index in [1.807, 2.05) is 11.9 Å². The van der Waals surface area contributed by atoms with Gasteiger partial charge in [-0.15, -0.1) is 0 Å². The predicted octanol–water partition coefficient (Wildman–Crippen LogP) is 5.54. The van der Waals surface area contributed by atoms with E-state index < -0.39 is 0 Å². The van der Waals surface area contributed by atoms with Crippen molar-refractivity contribution in [3.8, 4) is 0 Å². The minimum absolute atomic E-state index is 0.252. The van der Waals surface area contributed by atoms with Gasteiger partial charge in [0.25, 0.3) is 0 Å². The Kier molecular flexibility index (Phi) is 8.93. The zero-order chi connectivity index (χ0) is 25.4. The first-order valence-electron chi connectivity index (χ1n) is 14.7. The van der Waals surface area contributed by atoms with Crippen molar-refractivity contribution in [1.82, 2.24) is 25.6 Å². The maximum Gasteiger partial charge on any atom is 0.0690 e. The van der Waals surface area contributed by atoms with Gasteiger partial charge in [-0.25, -0.2) is 0 Å². The van der Waals surface area contributed by atoms with Crippen LogP contribution in [-0.2, 0) is 0 Å². The van der Waals surface area contributed by atoms with Crippen LogP contribution < -0.4 is 20.7 Å². The van der Waals surface area contributed by atoms with Crippen molar-refractivity contribution in [2.24, 2.45) is 28.6 Å². The number of hydrogen-bond donors (Lipinski definition) is 4. The van der Waals surface area contributed by atoms with Gasteiger partial charge < -0.3 is 5.32 Å². The summed E-state index contributed by atoms with van der Waals surface area (Å²) in [5.74, 6) is 2.19. The molecule has 0 aromatic carbocycles. The standard InChI is InChI=1S/C29H57N5S/c1-27(2,3)15-20-14-21-16-29(7,8)34(19-21)26-22(12-13-23(32-26)28(4,5)6)18-31-35-25-11-9-10-24(33-25)30-17-20/h20-26,30-33H,9-19H2,1-8H3/t20?,21-,22?,23?,24?,25?,26?/m0/s1. The molecule has 4 aliphatic rings. The highest BCUT2D eigenvalue weighted by molar-refractivity contribution is 7.98. The molecule has 6 heteroatoms. The molecule has 4 bridgehead atoms. The summed E-state index contributed by atoms with van der Waals surface area (Å²) in [6.07, 6.45) is 11.4. The Morgan fingerprint density at radius 1 is 0.943 bits per heavy atom. The Morgan fingerprint density at radius 2 is 1.71 bits per heavy atom. The number of piperidine rings is 2. The third-order valence-electron chi connectivity index (χ3n) is 9.18. The van der Waals surface area contributed by atoms with Gasteiger partial charge in [0.2, 0.25) is 0 Å². The van der Waals surface area contributed by atoms with Gasteiger partial charge in [0, 0.05) is 30.6 Å². The summed E-state index contributed by atoms with van der Waals surface area (Å²) in [5, 5.41) is 12.6. The quantitative estimate of drug-likeness (QED) is 0.350. The van der Waals surface area contributed by atoms with Crippen LogP contribution in [0.3, 0.4) is 0 Å². The Bertz CT molecular complexity index is 684. The molecule has 4 saturated heterocycles. The number of hydrogen-bond acceptors (Lipinski definition) is 6. The van der Waals surface area contributed by atoms with E-state index in [4.69, 9.17) is 0 Å². The smallest absolute Gasteiger partial charge is 0.0690 e. The topological polar surface area (TPSA) is 51.4 Å². The van der Waals surface area contributed by atoms with Gasteiger partial charge in [0.1, 0.15) is 0 Å². The highest BCUT2D eigenvalue weighted by atomic mass is 32.2. The fraction of sp³-hybridized carbons (Fsp3) is 1.00. The monoisotopic (exact) mass is 507 g/mol. The third kappa shape index (κ3) is 7.60. The van der Waals surface area contributed by atoms with Crippen LogP contribution in [0.25, 0.3) is 0 Å². The summed E-state index contributed by atoms with van der Waals surface area (Å²) in [6.45, 7) is 23.0. The zero-order valence-corrected chi connectivity index (χ0v) is 25.0. The zero-order valence-electron chi connectivity index (χ0n) is 24.2. The van der Waals surface area contributed by atoms with Crippen LogP contribution in [0.1, 0.15) is 107 Å². The molecule has 0 aliphatic carbocycles. The summed E-state index contributed by atoms with van der Waals surface area (Å²) in [7, 11) is 0. The normalized spacial score (nSPS) is 41.5. The molecular formula is C29H57N5S. The van der Waals surface area contributed by atoms with Crippen LogP contribution in [0.5, 0.6) is 0 Å². The fourth-order valence-corrected chi connectivity index (χ4v) is 8.59. The molecule has 5 nitrogen and oxygen atoms in total. The van der Waals surface area contributed by atoms with Gasteiger partial charge in [-0.1, -0.05) is 53.5 Å². The number of nitrogens with zero attached hydrogens (tertiary/aromatic N) is 1. The Morgan fingerprint density at radius 3 is 2.43 bits per heavy atom. The molecule has 4 aliphatic heterocycles. The van der Waals surface area contributed by atoms with Gasteiger partial charge in [-0.3, -0.25) is 20.3 Å². The lowest BCUT2D eigenvalue weighted by molar-refractivity contribution is 0.00537. The molecule has 4 heterocycles. The van der Waals surface area contributed by atoms with E-state index in [0.717, 1.165) is 24.9 Å². The van der Waals surface area contributed by atoms with Crippen molar-refractivity contribution in [1.29, 1.82) is 0 Å². The molecule has 7 unspecified atom stereocenters. The SMILES string of the molecule is CC(C)(C)CC1CNC2CCCC(N2)SNCC2CCC(C(C)(C)C)NC2N2C[C@@H](C1)CC2(C)C. The Hall–Kier alpha value is 0.150. The molecule has 0 amide bonds. The van der Waals surface area contributed by atoms with E-state index >= 15 is 0 Å². The molecule has 0 radical (unpaired) electrons. The van der Waals surface area contributed by atoms with Crippen LogP contribution in [-0.4, -0.2) is 53.8 Å². The lowest BCUT2D eigenvalue weighted by Gasteiger charge is -2.50. The minimum Gasteiger partial charge on any atom is -0.302 e. The van der Waals surface area contributed by atoms with Gasteiger partial charge in [0.05, 0.1) is 17.7 Å².